The van der Waals surface area contributed by atoms with Crippen molar-refractivity contribution in [2.24, 2.45) is 0 Å². The van der Waals surface area contributed by atoms with Crippen LogP contribution in [0.5, 0.6) is 0 Å². The number of esters is 1. The predicted molar refractivity (Wildman–Crippen MR) is 91.8 cm³/mol. The molecule has 0 bridgehead atoms. The summed E-state index contributed by atoms with van der Waals surface area (Å²) >= 11 is 0. The number of carbonyl (C=O) groups excluding carboxylic acids is 2. The van der Waals surface area contributed by atoms with Gasteiger partial charge in [-0.05, 0) is 48.9 Å². The minimum Gasteiger partial charge on any atom is -0.449 e. The summed E-state index contributed by atoms with van der Waals surface area (Å²) in [6, 6.07) is 15.2. The first-order valence-corrected chi connectivity index (χ1v) is 7.63. The number of carbonyl (C=O) groups is 2. The number of nitriles is 1. The number of amides is 1. The lowest BCUT2D eigenvalue weighted by Gasteiger charge is -2.13. The molecule has 0 aliphatic heterocycles. The number of methoxy groups -OCH3 is 1. The second kappa shape index (κ2) is 8.62. The van der Waals surface area contributed by atoms with Gasteiger partial charge in [0.25, 0.3) is 5.91 Å². The van der Waals surface area contributed by atoms with Gasteiger partial charge in [-0.15, -0.1) is 0 Å². The number of hydrogen-bond acceptors (Lipinski definition) is 5. The van der Waals surface area contributed by atoms with Crippen LogP contribution in [0, 0.1) is 11.3 Å². The van der Waals surface area contributed by atoms with Crippen molar-refractivity contribution in [2.75, 3.05) is 12.4 Å². The molecule has 0 aliphatic carbocycles. The van der Waals surface area contributed by atoms with Gasteiger partial charge >= 0.3 is 5.97 Å². The van der Waals surface area contributed by atoms with Crippen LogP contribution in [0.2, 0.25) is 0 Å². The molecule has 0 fully saturated rings. The third-order valence-corrected chi connectivity index (χ3v) is 3.44. The van der Waals surface area contributed by atoms with Crippen molar-refractivity contribution < 1.29 is 19.1 Å². The summed E-state index contributed by atoms with van der Waals surface area (Å²) in [5, 5.41) is 11.4. The van der Waals surface area contributed by atoms with E-state index in [1.165, 1.54) is 6.92 Å². The molecule has 0 unspecified atom stereocenters. The number of benzene rings is 2. The summed E-state index contributed by atoms with van der Waals surface area (Å²) in [7, 11) is 1.59. The first-order valence-electron chi connectivity index (χ1n) is 7.63. The molecule has 0 spiro atoms. The highest BCUT2D eigenvalue weighted by atomic mass is 16.5. The van der Waals surface area contributed by atoms with Crippen LogP contribution in [0.3, 0.4) is 0 Å². The third kappa shape index (κ3) is 5.16. The van der Waals surface area contributed by atoms with Crippen molar-refractivity contribution in [3.8, 4) is 6.07 Å². The Balaban J connectivity index is 1.93. The highest BCUT2D eigenvalue weighted by molar-refractivity contribution is 5.97. The van der Waals surface area contributed by atoms with Gasteiger partial charge < -0.3 is 14.8 Å². The highest BCUT2D eigenvalue weighted by Gasteiger charge is 2.19. The molecule has 1 N–H and O–H groups in total. The lowest BCUT2D eigenvalue weighted by atomic mass is 10.1. The van der Waals surface area contributed by atoms with Crippen molar-refractivity contribution in [3.63, 3.8) is 0 Å². The maximum atomic E-state index is 12.1. The van der Waals surface area contributed by atoms with Crippen LogP contribution in [0.1, 0.15) is 28.4 Å². The minimum absolute atomic E-state index is 0.359. The van der Waals surface area contributed by atoms with Crippen molar-refractivity contribution in [1.82, 2.24) is 0 Å². The van der Waals surface area contributed by atoms with Gasteiger partial charge in [-0.2, -0.15) is 5.26 Å². The molecular weight excluding hydrogens is 320 g/mol. The van der Waals surface area contributed by atoms with Crippen LogP contribution in [0.15, 0.2) is 48.5 Å². The summed E-state index contributed by atoms with van der Waals surface area (Å²) in [5.41, 5.74) is 2.31. The molecule has 2 aromatic carbocycles. The summed E-state index contributed by atoms with van der Waals surface area (Å²) in [4.78, 5) is 24.2. The average Bonchev–Trinajstić information content (AvgIpc) is 2.63. The molecule has 2 rings (SSSR count). The lowest BCUT2D eigenvalue weighted by molar-refractivity contribution is -0.123. The Morgan fingerprint density at radius 2 is 1.76 bits per heavy atom. The molecule has 6 heteroatoms. The zero-order valence-corrected chi connectivity index (χ0v) is 14.0. The maximum Gasteiger partial charge on any atom is 0.338 e. The van der Waals surface area contributed by atoms with E-state index in [-0.39, 0.29) is 0 Å². The van der Waals surface area contributed by atoms with Crippen molar-refractivity contribution in [1.29, 1.82) is 5.26 Å². The molecule has 128 valence electrons. The fourth-order valence-electron chi connectivity index (χ4n) is 2.06. The maximum absolute atomic E-state index is 12.1. The van der Waals surface area contributed by atoms with E-state index in [1.54, 1.807) is 55.6 Å². The fourth-order valence-corrected chi connectivity index (χ4v) is 2.06. The molecule has 1 atom stereocenters. The highest BCUT2D eigenvalue weighted by Crippen LogP contribution is 2.11. The number of hydrogen-bond donors (Lipinski definition) is 1. The minimum atomic E-state index is -0.957. The van der Waals surface area contributed by atoms with Gasteiger partial charge in [-0.1, -0.05) is 12.1 Å². The molecule has 0 saturated carbocycles. The topological polar surface area (TPSA) is 88.4 Å². The van der Waals surface area contributed by atoms with E-state index in [0.29, 0.717) is 23.4 Å². The van der Waals surface area contributed by atoms with E-state index in [0.717, 1.165) is 5.56 Å². The molecule has 6 nitrogen and oxygen atoms in total. The summed E-state index contributed by atoms with van der Waals surface area (Å²) in [6.07, 6.45) is -0.957. The Bertz CT molecular complexity index is 777. The van der Waals surface area contributed by atoms with Crippen molar-refractivity contribution in [3.05, 3.63) is 65.2 Å². The van der Waals surface area contributed by atoms with Crippen molar-refractivity contribution in [2.45, 2.75) is 19.6 Å². The van der Waals surface area contributed by atoms with E-state index in [1.807, 2.05) is 6.07 Å². The van der Waals surface area contributed by atoms with E-state index < -0.39 is 18.0 Å². The van der Waals surface area contributed by atoms with Gasteiger partial charge in [0.05, 0.1) is 23.8 Å². The zero-order chi connectivity index (χ0) is 18.2. The normalized spacial score (nSPS) is 11.2. The SMILES string of the molecule is COCc1ccc(C(=O)O[C@H](C)C(=O)Nc2ccc(C#N)cc2)cc1. The number of rotatable bonds is 6. The molecule has 2 aromatic rings. The summed E-state index contributed by atoms with van der Waals surface area (Å²) in [5.74, 6) is -1.03. The van der Waals surface area contributed by atoms with Crippen LogP contribution in [-0.4, -0.2) is 25.1 Å². The average molecular weight is 338 g/mol. The Kier molecular flexibility index (Phi) is 6.26. The Morgan fingerprint density at radius 3 is 2.32 bits per heavy atom. The molecule has 1 amide bonds. The van der Waals surface area contributed by atoms with Gasteiger partial charge in [-0.3, -0.25) is 4.79 Å². The van der Waals surface area contributed by atoms with E-state index in [2.05, 4.69) is 5.32 Å². The first kappa shape index (κ1) is 18.2. The number of nitrogens with zero attached hydrogens (tertiary/aromatic N) is 1. The largest absolute Gasteiger partial charge is 0.449 e. The molecular formula is C19H18N2O4. The van der Waals surface area contributed by atoms with Crippen LogP contribution >= 0.6 is 0 Å². The Hall–Kier alpha value is -3.17. The Labute approximate surface area is 146 Å². The number of nitrogens with one attached hydrogen (secondary N) is 1. The molecule has 0 heterocycles. The third-order valence-electron chi connectivity index (χ3n) is 3.44. The zero-order valence-electron chi connectivity index (χ0n) is 14.0. The second-order valence-corrected chi connectivity index (χ2v) is 5.36. The fraction of sp³-hybridized carbons (Fsp3) is 0.211. The van der Waals surface area contributed by atoms with E-state index in [4.69, 9.17) is 14.7 Å². The van der Waals surface area contributed by atoms with Crippen LogP contribution in [0.4, 0.5) is 5.69 Å². The van der Waals surface area contributed by atoms with Gasteiger partial charge in [0.2, 0.25) is 0 Å². The van der Waals surface area contributed by atoms with E-state index in [9.17, 15) is 9.59 Å². The monoisotopic (exact) mass is 338 g/mol. The molecule has 0 saturated heterocycles. The van der Waals surface area contributed by atoms with Crippen LogP contribution < -0.4 is 5.32 Å². The quantitative estimate of drug-likeness (QED) is 0.818. The lowest BCUT2D eigenvalue weighted by Crippen LogP contribution is -2.30. The molecule has 25 heavy (non-hydrogen) atoms. The predicted octanol–water partition coefficient (Wildman–Crippen LogP) is 2.89. The number of ether oxygens (including phenoxy) is 2. The van der Waals surface area contributed by atoms with Crippen molar-refractivity contribution >= 4 is 17.6 Å². The second-order valence-electron chi connectivity index (χ2n) is 5.36. The Morgan fingerprint density at radius 1 is 1.12 bits per heavy atom. The van der Waals surface area contributed by atoms with Gasteiger partial charge in [0, 0.05) is 12.8 Å². The van der Waals surface area contributed by atoms with Gasteiger partial charge in [0.15, 0.2) is 6.10 Å². The van der Waals surface area contributed by atoms with Crippen LogP contribution in [-0.2, 0) is 20.9 Å². The van der Waals surface area contributed by atoms with Gasteiger partial charge in [-0.25, -0.2) is 4.79 Å². The van der Waals surface area contributed by atoms with Gasteiger partial charge in [0.1, 0.15) is 0 Å². The number of anilines is 1. The van der Waals surface area contributed by atoms with E-state index >= 15 is 0 Å². The van der Waals surface area contributed by atoms with Crippen LogP contribution in [0.25, 0.3) is 0 Å². The first-order chi connectivity index (χ1) is 12.0. The molecule has 0 radical (unpaired) electrons. The standard InChI is InChI=1S/C19H18N2O4/c1-13(18(22)21-17-9-5-14(11-20)6-10-17)25-19(23)16-7-3-15(4-8-16)12-24-2/h3-10,13H,12H2,1-2H3,(H,21,22)/t13-/m1/s1. The molecule has 0 aromatic heterocycles. The summed E-state index contributed by atoms with van der Waals surface area (Å²) in [6.45, 7) is 1.95. The summed E-state index contributed by atoms with van der Waals surface area (Å²) < 4.78 is 10.2. The smallest absolute Gasteiger partial charge is 0.338 e. The molecule has 0 aliphatic rings.